The van der Waals surface area contributed by atoms with Gasteiger partial charge in [0.05, 0.1) is 12.2 Å². The summed E-state index contributed by atoms with van der Waals surface area (Å²) < 4.78 is 0. The van der Waals surface area contributed by atoms with E-state index in [4.69, 9.17) is 10.3 Å². The van der Waals surface area contributed by atoms with Crippen molar-refractivity contribution in [3.8, 4) is 0 Å². The van der Waals surface area contributed by atoms with Crippen LogP contribution in [0.25, 0.3) is 0 Å². The van der Waals surface area contributed by atoms with E-state index in [-0.39, 0.29) is 30.5 Å². The van der Waals surface area contributed by atoms with Crippen LogP contribution in [0.4, 0.5) is 0 Å². The largest absolute Gasteiger partial charge is 0.481 e. The average Bonchev–Trinajstić information content (AvgIpc) is 2.92. The number of carbonyl (C=O) groups excluding carboxylic acids is 1. The van der Waals surface area contributed by atoms with Crippen LogP contribution in [0.15, 0.2) is 12.2 Å². The summed E-state index contributed by atoms with van der Waals surface area (Å²) in [5.41, 5.74) is 0. The van der Waals surface area contributed by atoms with Gasteiger partial charge in [-0.25, -0.2) is 5.90 Å². The van der Waals surface area contributed by atoms with Gasteiger partial charge < -0.3 is 20.5 Å². The number of aliphatic hydroxyl groups excluding tert-OH is 2. The van der Waals surface area contributed by atoms with Crippen LogP contribution in [-0.4, -0.2) is 44.5 Å². The Balaban J connectivity index is 0.00000326. The van der Waals surface area contributed by atoms with Crippen molar-refractivity contribution >= 4 is 11.8 Å². The lowest BCUT2D eigenvalue weighted by molar-refractivity contribution is -0.137. The first-order valence-corrected chi connectivity index (χ1v) is 9.98. The predicted molar refractivity (Wildman–Crippen MR) is 103 cm³/mol. The number of carbonyl (C=O) groups is 2. The Bertz CT molecular complexity index is 440. The van der Waals surface area contributed by atoms with Crippen molar-refractivity contribution in [3.63, 3.8) is 0 Å². The SMILES string of the molecule is CCCCCCC[C@H](O)[C@H]1C(O)CC(=O)[C@@H]1C/C=C\CCCC(=O)O.NO. The molecule has 1 aliphatic rings. The first kappa shape index (κ1) is 25.7. The molecule has 1 aliphatic carbocycles. The number of aliphatic hydroxyl groups is 2. The zero-order chi connectivity index (χ0) is 20.7. The average molecular weight is 388 g/mol. The maximum absolute atomic E-state index is 12.1. The van der Waals surface area contributed by atoms with Crippen molar-refractivity contribution in [2.75, 3.05) is 0 Å². The molecule has 0 aromatic rings. The van der Waals surface area contributed by atoms with E-state index in [9.17, 15) is 19.8 Å². The molecule has 7 nitrogen and oxygen atoms in total. The van der Waals surface area contributed by atoms with Gasteiger partial charge in [-0.1, -0.05) is 51.2 Å². The summed E-state index contributed by atoms with van der Waals surface area (Å²) in [5, 5.41) is 35.7. The molecule has 0 bridgehead atoms. The van der Waals surface area contributed by atoms with Crippen molar-refractivity contribution in [1.29, 1.82) is 0 Å². The molecule has 0 heterocycles. The number of hydrogen-bond donors (Lipinski definition) is 5. The normalized spacial score (nSPS) is 23.3. The van der Waals surface area contributed by atoms with Gasteiger partial charge in [-0.2, -0.15) is 0 Å². The lowest BCUT2D eigenvalue weighted by Crippen LogP contribution is -2.32. The van der Waals surface area contributed by atoms with E-state index in [1.807, 2.05) is 12.2 Å². The summed E-state index contributed by atoms with van der Waals surface area (Å²) in [5.74, 6) is 2.03. The Morgan fingerprint density at radius 3 is 2.48 bits per heavy atom. The Morgan fingerprint density at radius 2 is 1.85 bits per heavy atom. The van der Waals surface area contributed by atoms with E-state index in [1.165, 1.54) is 12.8 Å². The molecule has 0 saturated heterocycles. The topological polar surface area (TPSA) is 141 Å². The van der Waals surface area contributed by atoms with Crippen LogP contribution >= 0.6 is 0 Å². The van der Waals surface area contributed by atoms with E-state index in [0.717, 1.165) is 19.3 Å². The second-order valence-corrected chi connectivity index (χ2v) is 7.18. The van der Waals surface area contributed by atoms with Gasteiger partial charge in [-0.15, -0.1) is 0 Å². The fraction of sp³-hybridized carbons (Fsp3) is 0.800. The fourth-order valence-corrected chi connectivity index (χ4v) is 3.67. The minimum absolute atomic E-state index is 0.0257. The summed E-state index contributed by atoms with van der Waals surface area (Å²) in [7, 11) is 0. The molecule has 1 fully saturated rings. The summed E-state index contributed by atoms with van der Waals surface area (Å²) >= 11 is 0. The number of hydrogen-bond acceptors (Lipinski definition) is 6. The van der Waals surface area contributed by atoms with Crippen molar-refractivity contribution in [3.05, 3.63) is 12.2 Å². The summed E-state index contributed by atoms with van der Waals surface area (Å²) in [6.45, 7) is 2.16. The molecule has 0 radical (unpaired) electrons. The molecular weight excluding hydrogens is 350 g/mol. The summed E-state index contributed by atoms with van der Waals surface area (Å²) in [6.07, 6.45) is 10.6. The number of rotatable bonds is 13. The highest BCUT2D eigenvalue weighted by atomic mass is 16.4. The van der Waals surface area contributed by atoms with Gasteiger partial charge in [0.15, 0.2) is 0 Å². The monoisotopic (exact) mass is 387 g/mol. The Hall–Kier alpha value is -1.28. The Morgan fingerprint density at radius 1 is 1.19 bits per heavy atom. The standard InChI is InChI=1S/C20H34O5.H3NO/c1-2-3-4-5-9-12-16(21)20-15(17(22)14-18(20)23)11-8-6-7-10-13-19(24)25;1-2/h6,8,15-16,18,20-21,23H,2-5,7,9-14H2,1H3,(H,24,25);2H,1H2/b8-6-;/t15-,16-,18?,20-;/m0./s1. The number of carboxylic acid groups (broad SMARTS) is 1. The molecule has 0 amide bonds. The van der Waals surface area contributed by atoms with E-state index < -0.39 is 18.2 Å². The predicted octanol–water partition coefficient (Wildman–Crippen LogP) is 2.81. The van der Waals surface area contributed by atoms with Gasteiger partial charge in [0.2, 0.25) is 0 Å². The molecule has 0 aliphatic heterocycles. The van der Waals surface area contributed by atoms with Crippen LogP contribution in [0.2, 0.25) is 0 Å². The number of carboxylic acids is 1. The van der Waals surface area contributed by atoms with Crippen molar-refractivity contribution in [2.45, 2.75) is 89.8 Å². The maximum atomic E-state index is 12.1. The van der Waals surface area contributed by atoms with Gasteiger partial charge in [0.25, 0.3) is 0 Å². The third-order valence-corrected chi connectivity index (χ3v) is 5.10. The highest BCUT2D eigenvalue weighted by Crippen LogP contribution is 2.36. The van der Waals surface area contributed by atoms with Crippen LogP contribution in [0.5, 0.6) is 0 Å². The molecule has 0 spiro atoms. The molecule has 1 saturated carbocycles. The van der Waals surface area contributed by atoms with E-state index in [0.29, 0.717) is 25.7 Å². The van der Waals surface area contributed by atoms with E-state index in [2.05, 4.69) is 12.8 Å². The molecule has 0 aromatic carbocycles. The smallest absolute Gasteiger partial charge is 0.303 e. The second kappa shape index (κ2) is 15.7. The van der Waals surface area contributed by atoms with Crippen LogP contribution in [0.1, 0.15) is 77.6 Å². The van der Waals surface area contributed by atoms with Crippen molar-refractivity contribution in [2.24, 2.45) is 17.7 Å². The number of nitrogens with two attached hydrogens (primary N) is 1. The van der Waals surface area contributed by atoms with Crippen LogP contribution in [0.3, 0.4) is 0 Å². The van der Waals surface area contributed by atoms with Crippen LogP contribution in [0, 0.1) is 11.8 Å². The molecular formula is C20H37NO6. The lowest BCUT2D eigenvalue weighted by Gasteiger charge is -2.25. The number of allylic oxidation sites excluding steroid dienone is 2. The molecule has 6 N–H and O–H groups in total. The molecule has 0 aromatic heterocycles. The first-order chi connectivity index (χ1) is 13.0. The summed E-state index contributed by atoms with van der Waals surface area (Å²) in [6, 6.07) is 0. The molecule has 1 rings (SSSR count). The third kappa shape index (κ3) is 10.6. The van der Waals surface area contributed by atoms with Crippen LogP contribution in [-0.2, 0) is 9.59 Å². The number of ketones is 1. The third-order valence-electron chi connectivity index (χ3n) is 5.10. The zero-order valence-corrected chi connectivity index (χ0v) is 16.4. The van der Waals surface area contributed by atoms with Gasteiger partial charge in [0.1, 0.15) is 5.78 Å². The minimum Gasteiger partial charge on any atom is -0.481 e. The zero-order valence-electron chi connectivity index (χ0n) is 16.4. The molecule has 4 atom stereocenters. The minimum atomic E-state index is -0.801. The lowest BCUT2D eigenvalue weighted by atomic mass is 9.84. The molecule has 158 valence electrons. The fourth-order valence-electron chi connectivity index (χ4n) is 3.67. The van der Waals surface area contributed by atoms with Gasteiger partial charge in [-0.05, 0) is 25.7 Å². The first-order valence-electron chi connectivity index (χ1n) is 9.98. The van der Waals surface area contributed by atoms with Crippen molar-refractivity contribution in [1.82, 2.24) is 0 Å². The molecule has 7 heteroatoms. The van der Waals surface area contributed by atoms with Crippen molar-refractivity contribution < 1.29 is 30.1 Å². The van der Waals surface area contributed by atoms with E-state index >= 15 is 0 Å². The summed E-state index contributed by atoms with van der Waals surface area (Å²) in [4.78, 5) is 22.6. The van der Waals surface area contributed by atoms with Gasteiger partial charge in [0, 0.05) is 24.7 Å². The van der Waals surface area contributed by atoms with Gasteiger partial charge in [-0.3, -0.25) is 9.59 Å². The number of aliphatic carboxylic acids is 1. The molecule has 1 unspecified atom stereocenters. The quantitative estimate of drug-likeness (QED) is 0.186. The second-order valence-electron chi connectivity index (χ2n) is 7.18. The number of Topliss-reactive ketones (excluding diaryl/α,β-unsaturated/α-hetero) is 1. The van der Waals surface area contributed by atoms with Gasteiger partial charge >= 0.3 is 5.97 Å². The Kier molecular flexibility index (Phi) is 15.0. The Labute approximate surface area is 162 Å². The molecule has 27 heavy (non-hydrogen) atoms. The van der Waals surface area contributed by atoms with Crippen LogP contribution < -0.4 is 5.90 Å². The highest BCUT2D eigenvalue weighted by molar-refractivity contribution is 5.84. The maximum Gasteiger partial charge on any atom is 0.303 e. The number of unbranched alkanes of at least 4 members (excludes halogenated alkanes) is 5. The highest BCUT2D eigenvalue weighted by Gasteiger charge is 2.44. The van der Waals surface area contributed by atoms with E-state index in [1.54, 1.807) is 0 Å².